The van der Waals surface area contributed by atoms with Crippen molar-refractivity contribution in [1.29, 1.82) is 0 Å². The van der Waals surface area contributed by atoms with Crippen molar-refractivity contribution < 1.29 is 0 Å². The Bertz CT molecular complexity index is 1850. The number of anilines is 3. The fourth-order valence-corrected chi connectivity index (χ4v) is 5.69. The summed E-state index contributed by atoms with van der Waals surface area (Å²) in [6, 6.07) is 53.9. The predicted octanol–water partition coefficient (Wildman–Crippen LogP) is 10.7. The van der Waals surface area contributed by atoms with E-state index in [0.29, 0.717) is 0 Å². The first-order chi connectivity index (χ1) is 19.3. The highest BCUT2D eigenvalue weighted by molar-refractivity contribution is 9.10. The minimum atomic E-state index is 1.08. The van der Waals surface area contributed by atoms with Crippen molar-refractivity contribution in [3.63, 3.8) is 0 Å². The molecule has 7 rings (SSSR count). The zero-order chi connectivity index (χ0) is 26.2. The molecule has 0 aliphatic heterocycles. The van der Waals surface area contributed by atoms with Crippen molar-refractivity contribution in [2.24, 2.45) is 0 Å². The van der Waals surface area contributed by atoms with Gasteiger partial charge in [0.15, 0.2) is 0 Å². The number of hydrogen-bond donors (Lipinski definition) is 0. The van der Waals surface area contributed by atoms with E-state index in [9.17, 15) is 0 Å². The Morgan fingerprint density at radius 3 is 1.64 bits per heavy atom. The lowest BCUT2D eigenvalue weighted by molar-refractivity contribution is 1.18. The highest BCUT2D eigenvalue weighted by Crippen LogP contribution is 2.37. The van der Waals surface area contributed by atoms with Crippen LogP contribution in [0.3, 0.4) is 0 Å². The summed E-state index contributed by atoms with van der Waals surface area (Å²) < 4.78 is 3.43. The molecule has 186 valence electrons. The molecule has 0 fully saturated rings. The van der Waals surface area contributed by atoms with Crippen LogP contribution >= 0.6 is 15.9 Å². The lowest BCUT2D eigenvalue weighted by Crippen LogP contribution is -2.09. The van der Waals surface area contributed by atoms with Gasteiger partial charge in [0.2, 0.25) is 0 Å². The van der Waals surface area contributed by atoms with Crippen LogP contribution in [0.1, 0.15) is 0 Å². The van der Waals surface area contributed by atoms with E-state index >= 15 is 0 Å². The van der Waals surface area contributed by atoms with E-state index in [4.69, 9.17) is 0 Å². The molecule has 6 aromatic carbocycles. The summed E-state index contributed by atoms with van der Waals surface area (Å²) in [5, 5.41) is 2.51. The Morgan fingerprint density at radius 2 is 0.974 bits per heavy atom. The molecule has 0 aliphatic rings. The van der Waals surface area contributed by atoms with Crippen LogP contribution in [-0.4, -0.2) is 4.57 Å². The summed E-state index contributed by atoms with van der Waals surface area (Å²) in [4.78, 5) is 2.29. The molecule has 0 saturated heterocycles. The van der Waals surface area contributed by atoms with Gasteiger partial charge in [0.05, 0.1) is 11.0 Å². The quantitative estimate of drug-likeness (QED) is 0.202. The molecule has 0 saturated carbocycles. The summed E-state index contributed by atoms with van der Waals surface area (Å²) in [5.74, 6) is 0. The molecule has 2 nitrogen and oxygen atoms in total. The van der Waals surface area contributed by atoms with Crippen LogP contribution in [0.5, 0.6) is 0 Å². The maximum absolute atomic E-state index is 3.57. The van der Waals surface area contributed by atoms with Crippen molar-refractivity contribution in [2.75, 3.05) is 4.90 Å². The van der Waals surface area contributed by atoms with Crippen molar-refractivity contribution in [2.45, 2.75) is 0 Å². The monoisotopic (exact) mass is 564 g/mol. The number of hydrogen-bond acceptors (Lipinski definition) is 1. The number of para-hydroxylation sites is 3. The topological polar surface area (TPSA) is 8.17 Å². The van der Waals surface area contributed by atoms with Crippen LogP contribution in [0.15, 0.2) is 156 Å². The van der Waals surface area contributed by atoms with Crippen LogP contribution in [0.4, 0.5) is 17.1 Å². The van der Waals surface area contributed by atoms with Gasteiger partial charge in [-0.2, -0.15) is 0 Å². The highest BCUT2D eigenvalue weighted by Gasteiger charge is 2.15. The van der Waals surface area contributed by atoms with Crippen LogP contribution < -0.4 is 4.90 Å². The molecule has 1 aromatic heterocycles. The molecule has 1 heterocycles. The molecule has 3 heteroatoms. The average molecular weight is 566 g/mol. The van der Waals surface area contributed by atoms with Gasteiger partial charge in [0.1, 0.15) is 0 Å². The van der Waals surface area contributed by atoms with Crippen molar-refractivity contribution in [1.82, 2.24) is 4.57 Å². The molecule has 7 aromatic rings. The largest absolute Gasteiger partial charge is 0.311 e. The van der Waals surface area contributed by atoms with Crippen LogP contribution in [-0.2, 0) is 0 Å². The number of nitrogens with zero attached hydrogens (tertiary/aromatic N) is 2. The van der Waals surface area contributed by atoms with Gasteiger partial charge in [0, 0.05) is 38.0 Å². The standard InChI is InChI=1S/C36H25BrN2/c37-28-18-22-32(23-19-28)39-35-14-8-7-13-33(35)34-25-27(17-24-36(34)39)26-15-20-31(21-16-26)38(29-9-3-1-4-10-29)30-11-5-2-6-12-30/h1-25H. The van der Waals surface area contributed by atoms with Gasteiger partial charge in [-0.1, -0.05) is 88.7 Å². The SMILES string of the molecule is Brc1ccc(-n2c3ccccc3c3cc(-c4ccc(N(c5ccccc5)c5ccccc5)cc4)ccc32)cc1. The first-order valence-corrected chi connectivity index (χ1v) is 13.9. The fourth-order valence-electron chi connectivity index (χ4n) is 5.43. The predicted molar refractivity (Wildman–Crippen MR) is 169 cm³/mol. The minimum absolute atomic E-state index is 1.08. The summed E-state index contributed by atoms with van der Waals surface area (Å²) in [7, 11) is 0. The molecule has 0 unspecified atom stereocenters. The molecular formula is C36H25BrN2. The second kappa shape index (κ2) is 9.94. The number of aromatic nitrogens is 1. The maximum atomic E-state index is 3.57. The molecule has 0 amide bonds. The zero-order valence-electron chi connectivity index (χ0n) is 21.2. The number of rotatable bonds is 5. The van der Waals surface area contributed by atoms with E-state index < -0.39 is 0 Å². The third-order valence-corrected chi connectivity index (χ3v) is 7.77. The molecule has 0 aliphatic carbocycles. The minimum Gasteiger partial charge on any atom is -0.311 e. The molecular weight excluding hydrogens is 540 g/mol. The third kappa shape index (κ3) is 4.31. The summed E-state index contributed by atoms with van der Waals surface area (Å²) in [5.41, 5.74) is 9.38. The number of benzene rings is 6. The fraction of sp³-hybridized carbons (Fsp3) is 0. The molecule has 0 bridgehead atoms. The molecule has 0 atom stereocenters. The second-order valence-corrected chi connectivity index (χ2v) is 10.5. The van der Waals surface area contributed by atoms with Crippen LogP contribution in [0.2, 0.25) is 0 Å². The van der Waals surface area contributed by atoms with Gasteiger partial charge in [0.25, 0.3) is 0 Å². The average Bonchev–Trinajstić information content (AvgIpc) is 3.33. The van der Waals surface area contributed by atoms with E-state index in [-0.39, 0.29) is 0 Å². The lowest BCUT2D eigenvalue weighted by atomic mass is 10.0. The zero-order valence-corrected chi connectivity index (χ0v) is 22.8. The van der Waals surface area contributed by atoms with Gasteiger partial charge in [-0.05, 0) is 90.0 Å². The maximum Gasteiger partial charge on any atom is 0.0541 e. The van der Waals surface area contributed by atoms with Crippen molar-refractivity contribution >= 4 is 54.8 Å². The second-order valence-electron chi connectivity index (χ2n) is 9.61. The Hall–Kier alpha value is -4.60. The summed E-state index contributed by atoms with van der Waals surface area (Å²) in [6.45, 7) is 0. The summed E-state index contributed by atoms with van der Waals surface area (Å²) >= 11 is 3.57. The molecule has 0 N–H and O–H groups in total. The lowest BCUT2D eigenvalue weighted by Gasteiger charge is -2.25. The number of halogens is 1. The smallest absolute Gasteiger partial charge is 0.0541 e. The van der Waals surface area contributed by atoms with E-state index in [2.05, 4.69) is 177 Å². The van der Waals surface area contributed by atoms with Gasteiger partial charge >= 0.3 is 0 Å². The molecule has 0 radical (unpaired) electrons. The summed E-state index contributed by atoms with van der Waals surface area (Å²) in [6.07, 6.45) is 0. The normalized spacial score (nSPS) is 11.2. The first-order valence-electron chi connectivity index (χ1n) is 13.1. The first kappa shape index (κ1) is 23.5. The van der Waals surface area contributed by atoms with Gasteiger partial charge in [-0.15, -0.1) is 0 Å². The van der Waals surface area contributed by atoms with Crippen molar-refractivity contribution in [3.05, 3.63) is 156 Å². The van der Waals surface area contributed by atoms with E-state index in [1.807, 2.05) is 0 Å². The highest BCUT2D eigenvalue weighted by atomic mass is 79.9. The van der Waals surface area contributed by atoms with Gasteiger partial charge < -0.3 is 9.47 Å². The Balaban J connectivity index is 1.32. The Labute approximate surface area is 236 Å². The van der Waals surface area contributed by atoms with Gasteiger partial charge in [-0.3, -0.25) is 0 Å². The van der Waals surface area contributed by atoms with E-state index in [0.717, 1.165) is 27.2 Å². The van der Waals surface area contributed by atoms with E-state index in [1.165, 1.54) is 32.9 Å². The van der Waals surface area contributed by atoms with Crippen LogP contribution in [0.25, 0.3) is 38.6 Å². The van der Waals surface area contributed by atoms with Gasteiger partial charge in [-0.25, -0.2) is 0 Å². The Kier molecular flexibility index (Phi) is 5.99. The van der Waals surface area contributed by atoms with E-state index in [1.54, 1.807) is 0 Å². The van der Waals surface area contributed by atoms with Crippen molar-refractivity contribution in [3.8, 4) is 16.8 Å². The number of fused-ring (bicyclic) bond motifs is 3. The Morgan fingerprint density at radius 1 is 0.436 bits per heavy atom. The van der Waals surface area contributed by atoms with Crippen LogP contribution in [0, 0.1) is 0 Å². The molecule has 0 spiro atoms. The third-order valence-electron chi connectivity index (χ3n) is 7.25. The molecule has 39 heavy (non-hydrogen) atoms.